The zero-order valence-electron chi connectivity index (χ0n) is 15.5. The lowest BCUT2D eigenvalue weighted by molar-refractivity contribution is -0.122. The molecule has 0 aliphatic carbocycles. The Morgan fingerprint density at radius 3 is 2.45 bits per heavy atom. The van der Waals surface area contributed by atoms with Crippen molar-refractivity contribution < 1.29 is 19.5 Å². The minimum atomic E-state index is -1.04. The maximum Gasteiger partial charge on any atom is 0.335 e. The summed E-state index contributed by atoms with van der Waals surface area (Å²) in [5, 5.41) is 22.1. The van der Waals surface area contributed by atoms with Gasteiger partial charge in [0.25, 0.3) is 0 Å². The van der Waals surface area contributed by atoms with Gasteiger partial charge in [0.1, 0.15) is 5.25 Å². The minimum Gasteiger partial charge on any atom is -0.478 e. The minimum absolute atomic E-state index is 0.0441. The standard InChI is InChI=1S/C20H18N4O4S/c1-12(13-5-3-2-4-6-13)23-24-20-22-18(26)16(29-20)11-17(25)21-15-9-7-14(8-10-15)19(27)28/h2-10,16H,11H2,1H3,(H,21,25)(H,27,28)(H,22,24,26)/b23-12+. The van der Waals surface area contributed by atoms with E-state index in [1.165, 1.54) is 24.3 Å². The van der Waals surface area contributed by atoms with Crippen LogP contribution in [0.4, 0.5) is 5.69 Å². The van der Waals surface area contributed by atoms with E-state index in [2.05, 4.69) is 20.8 Å². The number of carboxylic acids is 1. The molecule has 2 aromatic carbocycles. The first kappa shape index (κ1) is 20.3. The summed E-state index contributed by atoms with van der Waals surface area (Å²) < 4.78 is 0. The first-order valence-corrected chi connectivity index (χ1v) is 9.59. The van der Waals surface area contributed by atoms with Crippen molar-refractivity contribution in [1.29, 1.82) is 0 Å². The molecule has 29 heavy (non-hydrogen) atoms. The molecule has 0 bridgehead atoms. The van der Waals surface area contributed by atoms with Crippen LogP contribution in [0.1, 0.15) is 29.3 Å². The lowest BCUT2D eigenvalue weighted by Crippen LogP contribution is -2.28. The molecule has 3 rings (SSSR count). The van der Waals surface area contributed by atoms with Crippen LogP contribution in [0.5, 0.6) is 0 Å². The predicted octanol–water partition coefficient (Wildman–Crippen LogP) is 2.73. The third kappa shape index (κ3) is 5.52. The highest BCUT2D eigenvalue weighted by molar-refractivity contribution is 8.15. The Labute approximate surface area is 171 Å². The van der Waals surface area contributed by atoms with Crippen LogP contribution in [0.25, 0.3) is 0 Å². The highest BCUT2D eigenvalue weighted by atomic mass is 32.2. The Bertz CT molecular complexity index is 987. The smallest absolute Gasteiger partial charge is 0.335 e. The summed E-state index contributed by atoms with van der Waals surface area (Å²) in [5.74, 6) is -1.71. The molecular weight excluding hydrogens is 392 g/mol. The van der Waals surface area contributed by atoms with E-state index in [0.29, 0.717) is 16.6 Å². The summed E-state index contributed by atoms with van der Waals surface area (Å²) in [6.07, 6.45) is -0.0441. The number of anilines is 1. The average Bonchev–Trinajstić information content (AvgIpc) is 3.06. The van der Waals surface area contributed by atoms with Gasteiger partial charge in [-0.2, -0.15) is 5.10 Å². The summed E-state index contributed by atoms with van der Waals surface area (Å²) in [4.78, 5) is 35.2. The van der Waals surface area contributed by atoms with E-state index in [1.807, 2.05) is 37.3 Å². The van der Waals surface area contributed by atoms with Crippen LogP contribution < -0.4 is 10.6 Å². The van der Waals surface area contributed by atoms with E-state index >= 15 is 0 Å². The highest BCUT2D eigenvalue weighted by Crippen LogP contribution is 2.23. The maximum absolute atomic E-state index is 12.2. The number of carboxylic acid groups (broad SMARTS) is 1. The quantitative estimate of drug-likeness (QED) is 0.500. The van der Waals surface area contributed by atoms with Crippen molar-refractivity contribution in [2.24, 2.45) is 10.2 Å². The van der Waals surface area contributed by atoms with Gasteiger partial charge in [-0.3, -0.25) is 9.59 Å². The van der Waals surface area contributed by atoms with Gasteiger partial charge < -0.3 is 15.7 Å². The van der Waals surface area contributed by atoms with Crippen LogP contribution in [-0.2, 0) is 9.59 Å². The first-order chi connectivity index (χ1) is 13.9. The molecule has 0 radical (unpaired) electrons. The second-order valence-corrected chi connectivity index (χ2v) is 7.38. The molecule has 8 nitrogen and oxygen atoms in total. The molecule has 1 unspecified atom stereocenters. The number of amides is 2. The fraction of sp³-hybridized carbons (Fsp3) is 0.150. The van der Waals surface area contributed by atoms with E-state index in [4.69, 9.17) is 5.11 Å². The third-order valence-corrected chi connectivity index (χ3v) is 5.12. The molecular formula is C20H18N4O4S. The molecule has 1 saturated heterocycles. The summed E-state index contributed by atoms with van der Waals surface area (Å²) in [6.45, 7) is 1.82. The summed E-state index contributed by atoms with van der Waals surface area (Å²) >= 11 is 1.14. The maximum atomic E-state index is 12.2. The van der Waals surface area contributed by atoms with Gasteiger partial charge in [0.15, 0.2) is 5.17 Å². The van der Waals surface area contributed by atoms with E-state index in [-0.39, 0.29) is 23.8 Å². The lowest BCUT2D eigenvalue weighted by atomic mass is 10.1. The van der Waals surface area contributed by atoms with Gasteiger partial charge in [-0.25, -0.2) is 4.79 Å². The number of carbonyl (C=O) groups excluding carboxylic acids is 2. The number of benzene rings is 2. The number of hydrogen-bond donors (Lipinski definition) is 3. The lowest BCUT2D eigenvalue weighted by Gasteiger charge is -2.07. The molecule has 0 aromatic heterocycles. The second-order valence-electron chi connectivity index (χ2n) is 6.19. The number of nitrogens with zero attached hydrogens (tertiary/aromatic N) is 2. The predicted molar refractivity (Wildman–Crippen MR) is 112 cm³/mol. The van der Waals surface area contributed by atoms with Crippen LogP contribution >= 0.6 is 11.8 Å². The molecule has 2 amide bonds. The van der Waals surface area contributed by atoms with Crippen LogP contribution in [0.2, 0.25) is 0 Å². The first-order valence-electron chi connectivity index (χ1n) is 8.71. The molecule has 0 saturated carbocycles. The van der Waals surface area contributed by atoms with Gasteiger partial charge in [0.05, 0.1) is 11.3 Å². The number of nitrogens with one attached hydrogen (secondary N) is 2. The van der Waals surface area contributed by atoms with Gasteiger partial charge in [-0.15, -0.1) is 5.10 Å². The van der Waals surface area contributed by atoms with Crippen molar-refractivity contribution in [1.82, 2.24) is 5.32 Å². The molecule has 9 heteroatoms. The molecule has 1 heterocycles. The summed E-state index contributed by atoms with van der Waals surface area (Å²) in [7, 11) is 0. The molecule has 1 aliphatic heterocycles. The molecule has 3 N–H and O–H groups in total. The topological polar surface area (TPSA) is 120 Å². The summed E-state index contributed by atoms with van der Waals surface area (Å²) in [6, 6.07) is 15.3. The van der Waals surface area contributed by atoms with Crippen LogP contribution in [0.15, 0.2) is 64.8 Å². The van der Waals surface area contributed by atoms with Crippen molar-refractivity contribution in [2.45, 2.75) is 18.6 Å². The Balaban J connectivity index is 1.57. The second kappa shape index (κ2) is 9.16. The Morgan fingerprint density at radius 2 is 1.79 bits per heavy atom. The number of aromatic carboxylic acids is 1. The van der Waals surface area contributed by atoms with Crippen LogP contribution in [-0.4, -0.2) is 39.0 Å². The fourth-order valence-electron chi connectivity index (χ4n) is 2.52. The highest BCUT2D eigenvalue weighted by Gasteiger charge is 2.32. The van der Waals surface area contributed by atoms with Crippen molar-refractivity contribution in [3.8, 4) is 0 Å². The molecule has 0 spiro atoms. The monoisotopic (exact) mass is 410 g/mol. The molecule has 1 aliphatic rings. The average molecular weight is 410 g/mol. The summed E-state index contributed by atoms with van der Waals surface area (Å²) in [5.41, 5.74) is 2.22. The molecule has 1 atom stereocenters. The fourth-order valence-corrected chi connectivity index (χ4v) is 3.44. The Morgan fingerprint density at radius 1 is 1.10 bits per heavy atom. The molecule has 1 fully saturated rings. The normalized spacial score (nSPS) is 17.8. The van der Waals surface area contributed by atoms with Crippen molar-refractivity contribution >= 4 is 46.1 Å². The van der Waals surface area contributed by atoms with E-state index in [9.17, 15) is 14.4 Å². The number of rotatable bonds is 6. The Hall–Kier alpha value is -3.46. The van der Waals surface area contributed by atoms with Gasteiger partial charge in [0, 0.05) is 12.1 Å². The van der Waals surface area contributed by atoms with E-state index in [0.717, 1.165) is 17.3 Å². The number of hydrogen-bond acceptors (Lipinski definition) is 6. The number of carbonyl (C=O) groups is 3. The largest absolute Gasteiger partial charge is 0.478 e. The van der Waals surface area contributed by atoms with Gasteiger partial charge in [-0.05, 0) is 36.8 Å². The van der Waals surface area contributed by atoms with Crippen molar-refractivity contribution in [3.05, 3.63) is 65.7 Å². The zero-order chi connectivity index (χ0) is 20.8. The van der Waals surface area contributed by atoms with Crippen LogP contribution in [0, 0.1) is 0 Å². The zero-order valence-corrected chi connectivity index (χ0v) is 16.3. The molecule has 2 aromatic rings. The molecule has 148 valence electrons. The Kier molecular flexibility index (Phi) is 6.40. The number of amidine groups is 1. The number of thioether (sulfide) groups is 1. The van der Waals surface area contributed by atoms with Gasteiger partial charge in [0.2, 0.25) is 11.8 Å². The SMILES string of the molecule is C/C(=N\N=C1\NC(=O)C(CC(=O)Nc2ccc(C(=O)O)cc2)S1)c1ccccc1. The van der Waals surface area contributed by atoms with Crippen molar-refractivity contribution in [2.75, 3.05) is 5.32 Å². The van der Waals surface area contributed by atoms with Gasteiger partial charge >= 0.3 is 5.97 Å². The van der Waals surface area contributed by atoms with Gasteiger partial charge in [-0.1, -0.05) is 42.1 Å². The van der Waals surface area contributed by atoms with E-state index < -0.39 is 11.2 Å². The van der Waals surface area contributed by atoms with Crippen molar-refractivity contribution in [3.63, 3.8) is 0 Å². The third-order valence-electron chi connectivity index (χ3n) is 4.05. The van der Waals surface area contributed by atoms with Crippen LogP contribution in [0.3, 0.4) is 0 Å². The van der Waals surface area contributed by atoms with E-state index in [1.54, 1.807) is 0 Å².